The molecular weight excluding hydrogens is 523 g/mol. The number of rotatable bonds is 8. The summed E-state index contributed by atoms with van der Waals surface area (Å²) < 4.78 is 22.5. The van der Waals surface area contributed by atoms with E-state index in [2.05, 4.69) is 0 Å². The van der Waals surface area contributed by atoms with E-state index in [1.54, 1.807) is 0 Å². The third-order valence-electron chi connectivity index (χ3n) is 7.91. The minimum atomic E-state index is -3.96. The zero-order chi connectivity index (χ0) is 28.3. The molecule has 1 aliphatic carbocycles. The van der Waals surface area contributed by atoms with Gasteiger partial charge in [-0.25, -0.2) is 0 Å². The molecule has 0 saturated heterocycles. The van der Waals surface area contributed by atoms with Gasteiger partial charge in [-0.15, -0.1) is 0 Å². The van der Waals surface area contributed by atoms with Crippen LogP contribution in [0.2, 0.25) is 0 Å². The van der Waals surface area contributed by atoms with E-state index in [1.165, 1.54) is 0 Å². The van der Waals surface area contributed by atoms with Crippen molar-refractivity contribution in [2.45, 2.75) is 18.0 Å². The van der Waals surface area contributed by atoms with Crippen molar-refractivity contribution in [1.82, 2.24) is 0 Å². The summed E-state index contributed by atoms with van der Waals surface area (Å²) in [5.41, 5.74) is 4.73. The van der Waals surface area contributed by atoms with E-state index in [1.807, 2.05) is 159 Å². The lowest BCUT2D eigenvalue weighted by molar-refractivity contribution is -0.116. The smallest absolute Gasteiger partial charge is 0.251 e. The Labute approximate surface area is 241 Å². The zero-order valence-electron chi connectivity index (χ0n) is 22.9. The standard InChI is InChI=1S/C37H31O3P/c1-2-40-41(39,32-26-16-7-17-27-32)37(31-24-14-6-15-25-31)35(30-22-12-5-13-23-30)33(28-18-8-3-9-19-28)34(36(37)38)29-20-10-4-11-21-29/h3-27,35H,2H2,1H3/t35-,37-,41?/m0/s1. The minimum absolute atomic E-state index is 0.191. The van der Waals surface area contributed by atoms with Crippen molar-refractivity contribution in [1.29, 1.82) is 0 Å². The Hall–Kier alpha value is -4.30. The highest BCUT2D eigenvalue weighted by Gasteiger charge is 2.67. The molecule has 3 atom stereocenters. The first kappa shape index (κ1) is 26.9. The van der Waals surface area contributed by atoms with Gasteiger partial charge in [0.05, 0.1) is 6.61 Å². The van der Waals surface area contributed by atoms with Crippen LogP contribution in [0.3, 0.4) is 0 Å². The summed E-state index contributed by atoms with van der Waals surface area (Å²) in [5.74, 6) is -0.781. The van der Waals surface area contributed by atoms with Gasteiger partial charge in [-0.1, -0.05) is 140 Å². The van der Waals surface area contributed by atoms with Gasteiger partial charge in [0.1, 0.15) is 5.16 Å². The van der Waals surface area contributed by atoms with E-state index in [-0.39, 0.29) is 12.4 Å². The van der Waals surface area contributed by atoms with Crippen molar-refractivity contribution in [2.24, 2.45) is 0 Å². The summed E-state index contributed by atoms with van der Waals surface area (Å²) >= 11 is 0. The van der Waals surface area contributed by atoms with E-state index in [0.29, 0.717) is 16.4 Å². The number of ketones is 1. The van der Waals surface area contributed by atoms with Gasteiger partial charge in [0, 0.05) is 16.8 Å². The molecular formula is C37H31O3P. The third kappa shape index (κ3) is 4.34. The van der Waals surface area contributed by atoms with Crippen LogP contribution in [0, 0.1) is 0 Å². The first-order valence-electron chi connectivity index (χ1n) is 13.9. The van der Waals surface area contributed by atoms with Crippen molar-refractivity contribution >= 4 is 29.6 Å². The summed E-state index contributed by atoms with van der Waals surface area (Å²) in [6.45, 7) is 2.03. The molecule has 4 heteroatoms. The summed E-state index contributed by atoms with van der Waals surface area (Å²) in [6, 6.07) is 48.7. The molecule has 0 heterocycles. The van der Waals surface area contributed by atoms with Gasteiger partial charge in [-0.05, 0) is 46.9 Å². The lowest BCUT2D eigenvalue weighted by atomic mass is 9.77. The molecule has 0 N–H and O–H groups in total. The summed E-state index contributed by atoms with van der Waals surface area (Å²) in [6.07, 6.45) is 0. The SMILES string of the molecule is CCOP(=O)(c1ccccc1)[C@]1(c2ccccc2)C(=O)C(c2ccccc2)=C(c2ccccc2)[C@@H]1c1ccccc1. The molecule has 5 aromatic carbocycles. The normalized spacial score (nSPS) is 20.1. The quantitative estimate of drug-likeness (QED) is 0.181. The molecule has 0 radical (unpaired) electrons. The predicted octanol–water partition coefficient (Wildman–Crippen LogP) is 8.50. The Morgan fingerprint density at radius 2 is 1.10 bits per heavy atom. The molecule has 0 bridgehead atoms. The Bertz CT molecular complexity index is 1720. The van der Waals surface area contributed by atoms with Crippen molar-refractivity contribution in [3.8, 4) is 0 Å². The second-order valence-corrected chi connectivity index (χ2v) is 12.7. The number of carbonyl (C=O) groups excluding carboxylic acids is 1. The fraction of sp³-hybridized carbons (Fsp3) is 0.108. The Morgan fingerprint density at radius 1 is 0.634 bits per heavy atom. The van der Waals surface area contributed by atoms with Gasteiger partial charge < -0.3 is 4.52 Å². The monoisotopic (exact) mass is 554 g/mol. The van der Waals surface area contributed by atoms with Crippen LogP contribution in [0.25, 0.3) is 11.1 Å². The molecule has 3 nitrogen and oxygen atoms in total. The highest BCUT2D eigenvalue weighted by molar-refractivity contribution is 7.69. The molecule has 0 saturated carbocycles. The largest absolute Gasteiger partial charge is 0.325 e. The number of hydrogen-bond donors (Lipinski definition) is 0. The second kappa shape index (κ2) is 11.3. The second-order valence-electron chi connectivity index (χ2n) is 10.1. The highest BCUT2D eigenvalue weighted by Crippen LogP contribution is 2.75. The van der Waals surface area contributed by atoms with E-state index in [9.17, 15) is 0 Å². The molecule has 1 unspecified atom stereocenters. The van der Waals surface area contributed by atoms with Crippen molar-refractivity contribution in [3.05, 3.63) is 174 Å². The van der Waals surface area contributed by atoms with E-state index < -0.39 is 18.4 Å². The average Bonchev–Trinajstić information content (AvgIpc) is 3.33. The van der Waals surface area contributed by atoms with Gasteiger partial charge in [0.15, 0.2) is 5.78 Å². The summed E-state index contributed by atoms with van der Waals surface area (Å²) in [7, 11) is -3.96. The predicted molar refractivity (Wildman–Crippen MR) is 167 cm³/mol. The molecule has 6 rings (SSSR count). The first-order chi connectivity index (χ1) is 20.1. The van der Waals surface area contributed by atoms with Crippen LogP contribution >= 0.6 is 7.37 Å². The van der Waals surface area contributed by atoms with Crippen LogP contribution < -0.4 is 5.30 Å². The maximum Gasteiger partial charge on any atom is 0.251 e. The van der Waals surface area contributed by atoms with Crippen LogP contribution in [0.4, 0.5) is 0 Å². The maximum absolute atomic E-state index is 16.0. The molecule has 0 fully saturated rings. The van der Waals surface area contributed by atoms with Gasteiger partial charge >= 0.3 is 0 Å². The summed E-state index contributed by atoms with van der Waals surface area (Å²) in [4.78, 5) is 15.6. The fourth-order valence-corrected chi connectivity index (χ4v) is 9.49. The van der Waals surface area contributed by atoms with E-state index in [4.69, 9.17) is 4.52 Å². The Kier molecular flexibility index (Phi) is 7.41. The molecule has 5 aromatic rings. The zero-order valence-corrected chi connectivity index (χ0v) is 23.8. The van der Waals surface area contributed by atoms with Crippen LogP contribution in [0.15, 0.2) is 152 Å². The minimum Gasteiger partial charge on any atom is -0.325 e. The van der Waals surface area contributed by atoms with E-state index >= 15 is 9.36 Å². The molecule has 0 spiro atoms. The van der Waals surface area contributed by atoms with Crippen LogP contribution in [0.1, 0.15) is 35.1 Å². The molecule has 41 heavy (non-hydrogen) atoms. The number of allylic oxidation sites excluding steroid dienone is 2. The van der Waals surface area contributed by atoms with Crippen LogP contribution in [0.5, 0.6) is 0 Å². The summed E-state index contributed by atoms with van der Waals surface area (Å²) in [5, 5.41) is -1.02. The van der Waals surface area contributed by atoms with Crippen molar-refractivity contribution < 1.29 is 13.9 Å². The van der Waals surface area contributed by atoms with Gasteiger partial charge in [-0.2, -0.15) is 0 Å². The molecule has 0 aliphatic heterocycles. The molecule has 0 aromatic heterocycles. The molecule has 1 aliphatic rings. The van der Waals surface area contributed by atoms with Crippen LogP contribution in [-0.4, -0.2) is 12.4 Å². The number of carbonyl (C=O) groups is 1. The van der Waals surface area contributed by atoms with Gasteiger partial charge in [0.2, 0.25) is 0 Å². The van der Waals surface area contributed by atoms with Crippen molar-refractivity contribution in [3.63, 3.8) is 0 Å². The van der Waals surface area contributed by atoms with Crippen molar-refractivity contribution in [2.75, 3.05) is 6.61 Å². The average molecular weight is 555 g/mol. The topological polar surface area (TPSA) is 43.4 Å². The third-order valence-corrected chi connectivity index (χ3v) is 11.2. The van der Waals surface area contributed by atoms with Crippen LogP contribution in [-0.2, 0) is 19.0 Å². The number of hydrogen-bond acceptors (Lipinski definition) is 3. The van der Waals surface area contributed by atoms with E-state index in [0.717, 1.165) is 22.3 Å². The van der Waals surface area contributed by atoms with Gasteiger partial charge in [0.25, 0.3) is 7.37 Å². The Morgan fingerprint density at radius 3 is 1.63 bits per heavy atom. The number of Topliss-reactive ketones (excluding diaryl/α,β-unsaturated/α-hetero) is 1. The lowest BCUT2D eigenvalue weighted by Gasteiger charge is -2.42. The maximum atomic E-state index is 16.0. The molecule has 0 amide bonds. The number of benzene rings is 5. The lowest BCUT2D eigenvalue weighted by Crippen LogP contribution is -2.42. The highest BCUT2D eigenvalue weighted by atomic mass is 31.2. The van der Waals surface area contributed by atoms with Gasteiger partial charge in [-0.3, -0.25) is 9.36 Å². The fourth-order valence-electron chi connectivity index (χ4n) is 6.32. The first-order valence-corrected chi connectivity index (χ1v) is 15.6. The molecule has 202 valence electrons. The Balaban J connectivity index is 1.82.